The number of cyclic esters (lactones) is 1. The molecule has 118 valence electrons. The lowest BCUT2D eigenvalue weighted by Gasteiger charge is -2.16. The number of fused-ring (bicyclic) bond motifs is 1. The van der Waals surface area contributed by atoms with Crippen LogP contribution in [0.2, 0.25) is 0 Å². The van der Waals surface area contributed by atoms with Crippen LogP contribution in [0, 0.1) is 11.6 Å². The van der Waals surface area contributed by atoms with Gasteiger partial charge in [-0.25, -0.2) is 13.6 Å². The first-order valence-corrected chi connectivity index (χ1v) is 7.35. The third-order valence-corrected chi connectivity index (χ3v) is 3.98. The normalized spacial score (nSPS) is 15.9. The number of nitrogens with zero attached hydrogens (tertiary/aromatic N) is 1. The zero-order valence-corrected chi connectivity index (χ0v) is 12.4. The first-order valence-electron chi connectivity index (χ1n) is 7.35. The number of ether oxygens (including phenoxy) is 1. The molecule has 3 nitrogen and oxygen atoms in total. The summed E-state index contributed by atoms with van der Waals surface area (Å²) in [6.07, 6.45) is 0.659. The monoisotopic (exact) mass is 323 g/mol. The van der Waals surface area contributed by atoms with Crippen molar-refractivity contribution in [2.24, 2.45) is 0 Å². The Morgan fingerprint density at radius 3 is 2.54 bits per heavy atom. The van der Waals surface area contributed by atoms with Gasteiger partial charge in [0.25, 0.3) is 0 Å². The Labute approximate surface area is 136 Å². The molecule has 4 rings (SSSR count). The largest absolute Gasteiger partial charge is 0.449 e. The van der Waals surface area contributed by atoms with Gasteiger partial charge in [0.05, 0.1) is 11.3 Å². The molecular weight excluding hydrogens is 312 g/mol. The minimum atomic E-state index is -0.865. The van der Waals surface area contributed by atoms with Crippen molar-refractivity contribution in [3.63, 3.8) is 0 Å². The van der Waals surface area contributed by atoms with Crippen LogP contribution in [0.5, 0.6) is 0 Å². The van der Waals surface area contributed by atoms with Gasteiger partial charge < -0.3 is 4.74 Å². The molecule has 0 saturated carbocycles. The summed E-state index contributed by atoms with van der Waals surface area (Å²) in [5, 5.41) is 0. The zero-order valence-electron chi connectivity index (χ0n) is 12.4. The Kier molecular flexibility index (Phi) is 3.34. The van der Waals surface area contributed by atoms with Crippen molar-refractivity contribution in [3.8, 4) is 11.3 Å². The van der Waals surface area contributed by atoms with Crippen molar-refractivity contribution in [2.45, 2.75) is 6.10 Å². The summed E-state index contributed by atoms with van der Waals surface area (Å²) >= 11 is 0. The number of benzene rings is 2. The van der Waals surface area contributed by atoms with Crippen LogP contribution in [0.15, 0.2) is 60.8 Å². The topological polar surface area (TPSA) is 39.2 Å². The van der Waals surface area contributed by atoms with Crippen molar-refractivity contribution >= 4 is 5.97 Å². The third kappa shape index (κ3) is 2.25. The fourth-order valence-corrected chi connectivity index (χ4v) is 2.96. The molecule has 1 unspecified atom stereocenters. The molecule has 24 heavy (non-hydrogen) atoms. The van der Waals surface area contributed by atoms with Gasteiger partial charge in [-0.15, -0.1) is 0 Å². The number of pyridine rings is 1. The summed E-state index contributed by atoms with van der Waals surface area (Å²) in [6, 6.07) is 13.9. The van der Waals surface area contributed by atoms with Gasteiger partial charge in [-0.1, -0.05) is 24.3 Å². The molecule has 5 heteroatoms. The predicted molar refractivity (Wildman–Crippen MR) is 83.3 cm³/mol. The molecule has 1 aliphatic rings. The van der Waals surface area contributed by atoms with E-state index < -0.39 is 23.7 Å². The average molecular weight is 323 g/mol. The van der Waals surface area contributed by atoms with Gasteiger partial charge in [0.2, 0.25) is 0 Å². The second kappa shape index (κ2) is 5.53. The lowest BCUT2D eigenvalue weighted by molar-refractivity contribution is 0.0455. The van der Waals surface area contributed by atoms with Crippen molar-refractivity contribution in [1.82, 2.24) is 4.98 Å². The van der Waals surface area contributed by atoms with E-state index in [0.717, 1.165) is 6.07 Å². The summed E-state index contributed by atoms with van der Waals surface area (Å²) in [4.78, 5) is 16.2. The molecule has 0 N–H and O–H groups in total. The summed E-state index contributed by atoms with van der Waals surface area (Å²) < 4.78 is 33.7. The molecule has 2 aromatic carbocycles. The van der Waals surface area contributed by atoms with Crippen LogP contribution in [-0.2, 0) is 4.74 Å². The molecule has 2 heterocycles. The maximum absolute atomic E-state index is 14.5. The maximum Gasteiger partial charge on any atom is 0.339 e. The van der Waals surface area contributed by atoms with E-state index in [9.17, 15) is 13.6 Å². The standard InChI is InChI=1S/C19H11F2NO2/c20-11-9-14(17(15(21)10-11)16-7-3-4-8-22-16)18-12-5-1-2-6-13(12)19(23)24-18/h1-10,18H. The summed E-state index contributed by atoms with van der Waals surface area (Å²) in [5.41, 5.74) is 1.71. The molecule has 0 radical (unpaired) electrons. The lowest BCUT2D eigenvalue weighted by Crippen LogP contribution is -2.06. The Morgan fingerprint density at radius 2 is 1.75 bits per heavy atom. The molecule has 3 aromatic rings. The molecule has 0 aliphatic carbocycles. The minimum absolute atomic E-state index is 0.131. The van der Waals surface area contributed by atoms with E-state index in [1.165, 1.54) is 12.3 Å². The number of aromatic nitrogens is 1. The van der Waals surface area contributed by atoms with Crippen LogP contribution in [0.25, 0.3) is 11.3 Å². The fraction of sp³-hybridized carbons (Fsp3) is 0.0526. The number of hydrogen-bond donors (Lipinski definition) is 0. The van der Waals surface area contributed by atoms with Crippen LogP contribution in [0.4, 0.5) is 8.78 Å². The van der Waals surface area contributed by atoms with Crippen molar-refractivity contribution in [2.75, 3.05) is 0 Å². The van der Waals surface area contributed by atoms with Gasteiger partial charge in [-0.05, 0) is 24.3 Å². The van der Waals surface area contributed by atoms with E-state index in [0.29, 0.717) is 16.8 Å². The fourth-order valence-electron chi connectivity index (χ4n) is 2.96. The van der Waals surface area contributed by atoms with E-state index >= 15 is 0 Å². The summed E-state index contributed by atoms with van der Waals surface area (Å²) in [6.45, 7) is 0. The maximum atomic E-state index is 14.5. The third-order valence-electron chi connectivity index (χ3n) is 3.98. The highest BCUT2D eigenvalue weighted by Crippen LogP contribution is 2.41. The van der Waals surface area contributed by atoms with Crippen LogP contribution in [0.3, 0.4) is 0 Å². The molecule has 0 spiro atoms. The second-order valence-electron chi connectivity index (χ2n) is 5.44. The predicted octanol–water partition coefficient (Wildman–Crippen LogP) is 4.29. The van der Waals surface area contributed by atoms with Crippen LogP contribution in [0.1, 0.15) is 27.6 Å². The number of carbonyl (C=O) groups is 1. The van der Waals surface area contributed by atoms with Crippen LogP contribution in [-0.4, -0.2) is 11.0 Å². The number of hydrogen-bond acceptors (Lipinski definition) is 3. The Hall–Kier alpha value is -3.08. The van der Waals surface area contributed by atoms with Gasteiger partial charge in [0.15, 0.2) is 6.10 Å². The Balaban J connectivity index is 1.95. The highest BCUT2D eigenvalue weighted by molar-refractivity contribution is 5.94. The number of carbonyl (C=O) groups excluding carboxylic acids is 1. The first kappa shape index (κ1) is 14.5. The van der Waals surface area contributed by atoms with Gasteiger partial charge in [-0.3, -0.25) is 4.98 Å². The van der Waals surface area contributed by atoms with Crippen LogP contribution < -0.4 is 0 Å². The number of esters is 1. The number of rotatable bonds is 2. The van der Waals surface area contributed by atoms with Crippen molar-refractivity contribution < 1.29 is 18.3 Å². The van der Waals surface area contributed by atoms with Crippen molar-refractivity contribution in [3.05, 3.63) is 89.1 Å². The minimum Gasteiger partial charge on any atom is -0.449 e. The van der Waals surface area contributed by atoms with Gasteiger partial charge >= 0.3 is 5.97 Å². The lowest BCUT2D eigenvalue weighted by atomic mass is 9.93. The van der Waals surface area contributed by atoms with Crippen LogP contribution >= 0.6 is 0 Å². The summed E-state index contributed by atoms with van der Waals surface area (Å²) in [5.74, 6) is -1.99. The second-order valence-corrected chi connectivity index (χ2v) is 5.44. The van der Waals surface area contributed by atoms with E-state index in [1.807, 2.05) is 0 Å². The summed E-state index contributed by atoms with van der Waals surface area (Å²) in [7, 11) is 0. The molecule has 0 saturated heterocycles. The molecule has 0 bridgehead atoms. The first-order chi connectivity index (χ1) is 11.6. The van der Waals surface area contributed by atoms with E-state index in [4.69, 9.17) is 4.74 Å². The Bertz CT molecular complexity index is 941. The molecule has 0 amide bonds. The smallest absolute Gasteiger partial charge is 0.339 e. The van der Waals surface area contributed by atoms with Gasteiger partial charge in [0.1, 0.15) is 11.6 Å². The molecular formula is C19H11F2NO2. The van der Waals surface area contributed by atoms with Crippen molar-refractivity contribution in [1.29, 1.82) is 0 Å². The highest BCUT2D eigenvalue weighted by Gasteiger charge is 2.34. The van der Waals surface area contributed by atoms with Gasteiger partial charge in [0, 0.05) is 29.0 Å². The molecule has 1 aliphatic heterocycles. The van der Waals surface area contributed by atoms with E-state index in [1.54, 1.807) is 42.5 Å². The SMILES string of the molecule is O=C1OC(c2cc(F)cc(F)c2-c2ccccn2)c2ccccc21. The van der Waals surface area contributed by atoms with Gasteiger partial charge in [-0.2, -0.15) is 0 Å². The Morgan fingerprint density at radius 1 is 0.958 bits per heavy atom. The average Bonchev–Trinajstić information content (AvgIpc) is 2.92. The molecule has 1 atom stereocenters. The quantitative estimate of drug-likeness (QED) is 0.661. The zero-order chi connectivity index (χ0) is 16.7. The van der Waals surface area contributed by atoms with E-state index in [-0.39, 0.29) is 11.1 Å². The molecule has 0 fully saturated rings. The highest BCUT2D eigenvalue weighted by atomic mass is 19.1. The molecule has 1 aromatic heterocycles. The van der Waals surface area contributed by atoms with E-state index in [2.05, 4.69) is 4.98 Å². The number of halogens is 2.